The van der Waals surface area contributed by atoms with Crippen molar-refractivity contribution in [1.82, 2.24) is 4.57 Å². The number of benzene rings is 2. The Bertz CT molecular complexity index is 876. The van der Waals surface area contributed by atoms with Gasteiger partial charge in [-0.3, -0.25) is 0 Å². The van der Waals surface area contributed by atoms with Gasteiger partial charge in [-0.05, 0) is 56.2 Å². The monoisotopic (exact) mass is 309 g/mol. The fourth-order valence-corrected chi connectivity index (χ4v) is 3.01. The van der Waals surface area contributed by atoms with E-state index in [1.54, 1.807) is 13.8 Å². The van der Waals surface area contributed by atoms with Crippen LogP contribution in [0.4, 0.5) is 0 Å². The predicted octanol–water partition coefficient (Wildman–Crippen LogP) is 4.21. The molecule has 0 bridgehead atoms. The van der Waals surface area contributed by atoms with Crippen molar-refractivity contribution in [3.8, 4) is 0 Å². The second kappa shape index (κ2) is 5.76. The molecule has 118 valence electrons. The summed E-state index contributed by atoms with van der Waals surface area (Å²) in [6, 6.07) is 12.1. The fraction of sp³-hybridized carbons (Fsp3) is 0.222. The molecular formula is C18H19N3O2. The quantitative estimate of drug-likeness (QED) is 0.432. The Morgan fingerprint density at radius 1 is 0.870 bits per heavy atom. The molecule has 2 aromatic carbocycles. The van der Waals surface area contributed by atoms with Crippen LogP contribution in [0.15, 0.2) is 46.7 Å². The molecule has 1 aromatic heterocycles. The van der Waals surface area contributed by atoms with Crippen LogP contribution in [0.2, 0.25) is 0 Å². The Kier molecular flexibility index (Phi) is 3.78. The van der Waals surface area contributed by atoms with Gasteiger partial charge in [-0.15, -0.1) is 0 Å². The van der Waals surface area contributed by atoms with Crippen molar-refractivity contribution >= 4 is 33.2 Å². The van der Waals surface area contributed by atoms with Gasteiger partial charge in [0.05, 0.1) is 11.4 Å². The van der Waals surface area contributed by atoms with Gasteiger partial charge in [0, 0.05) is 28.4 Å². The smallest absolute Gasteiger partial charge is 0.0837 e. The molecule has 0 aliphatic heterocycles. The lowest BCUT2D eigenvalue weighted by atomic mass is 10.0. The minimum absolute atomic E-state index is 0.577. The minimum atomic E-state index is 0.577. The molecule has 0 saturated heterocycles. The first-order chi connectivity index (χ1) is 11.1. The highest BCUT2D eigenvalue weighted by molar-refractivity contribution is 6.13. The molecule has 0 aliphatic rings. The number of hydrogen-bond acceptors (Lipinski definition) is 4. The van der Waals surface area contributed by atoms with E-state index in [0.717, 1.165) is 39.5 Å². The van der Waals surface area contributed by atoms with E-state index in [2.05, 4.69) is 33.9 Å². The molecule has 0 spiro atoms. The SMILES string of the molecule is CCn1c2ccc(/C(C)=N\O)cc2c2cc(/C(C)=N\O)ccc21. The fourth-order valence-electron chi connectivity index (χ4n) is 3.01. The molecule has 5 nitrogen and oxygen atoms in total. The number of oxime groups is 2. The number of hydrogen-bond donors (Lipinski definition) is 2. The van der Waals surface area contributed by atoms with Gasteiger partial charge in [0.2, 0.25) is 0 Å². The molecule has 3 aromatic rings. The Morgan fingerprint density at radius 2 is 1.30 bits per heavy atom. The summed E-state index contributed by atoms with van der Waals surface area (Å²) >= 11 is 0. The van der Waals surface area contributed by atoms with Gasteiger partial charge < -0.3 is 15.0 Å². The molecular weight excluding hydrogens is 290 g/mol. The second-order valence-corrected chi connectivity index (χ2v) is 5.58. The number of nitrogens with zero attached hydrogens (tertiary/aromatic N) is 3. The maximum atomic E-state index is 9.01. The zero-order valence-corrected chi connectivity index (χ0v) is 13.4. The maximum Gasteiger partial charge on any atom is 0.0837 e. The molecule has 2 N–H and O–H groups in total. The highest BCUT2D eigenvalue weighted by Gasteiger charge is 2.12. The van der Waals surface area contributed by atoms with Gasteiger partial charge in [-0.2, -0.15) is 0 Å². The van der Waals surface area contributed by atoms with E-state index >= 15 is 0 Å². The zero-order valence-electron chi connectivity index (χ0n) is 13.4. The first kappa shape index (κ1) is 15.1. The lowest BCUT2D eigenvalue weighted by Crippen LogP contribution is -1.96. The lowest BCUT2D eigenvalue weighted by molar-refractivity contribution is 0.319. The van der Waals surface area contributed by atoms with Gasteiger partial charge in [0.1, 0.15) is 0 Å². The van der Waals surface area contributed by atoms with Crippen molar-refractivity contribution in [1.29, 1.82) is 0 Å². The van der Waals surface area contributed by atoms with Crippen molar-refractivity contribution in [3.05, 3.63) is 47.5 Å². The zero-order chi connectivity index (χ0) is 16.6. The van der Waals surface area contributed by atoms with E-state index in [1.165, 1.54) is 0 Å². The summed E-state index contributed by atoms with van der Waals surface area (Å²) < 4.78 is 2.25. The van der Waals surface area contributed by atoms with Gasteiger partial charge in [0.15, 0.2) is 0 Å². The predicted molar refractivity (Wildman–Crippen MR) is 93.1 cm³/mol. The standard InChI is InChI=1S/C18H19N3O2/c1-4-21-17-7-5-13(11(2)19-22)9-15(17)16-10-14(12(3)20-23)6-8-18(16)21/h5-10,22-23H,4H2,1-3H3/b19-11-,20-12-. The van der Waals surface area contributed by atoms with Gasteiger partial charge in [-0.1, -0.05) is 22.4 Å². The van der Waals surface area contributed by atoms with Crippen molar-refractivity contribution < 1.29 is 10.4 Å². The molecule has 0 amide bonds. The van der Waals surface area contributed by atoms with Gasteiger partial charge >= 0.3 is 0 Å². The molecule has 0 saturated carbocycles. The third-order valence-electron chi connectivity index (χ3n) is 4.32. The van der Waals surface area contributed by atoms with Crippen LogP contribution in [0.25, 0.3) is 21.8 Å². The number of fused-ring (bicyclic) bond motifs is 3. The summed E-state index contributed by atoms with van der Waals surface area (Å²) in [5, 5.41) is 26.8. The van der Waals surface area contributed by atoms with E-state index in [4.69, 9.17) is 10.4 Å². The minimum Gasteiger partial charge on any atom is -0.411 e. The van der Waals surface area contributed by atoms with Crippen LogP contribution in [0.3, 0.4) is 0 Å². The summed E-state index contributed by atoms with van der Waals surface area (Å²) in [5.74, 6) is 0. The van der Waals surface area contributed by atoms with E-state index in [-0.39, 0.29) is 0 Å². The number of aromatic nitrogens is 1. The first-order valence-corrected chi connectivity index (χ1v) is 7.54. The Labute approximate surface area is 134 Å². The van der Waals surface area contributed by atoms with Crippen LogP contribution in [0, 0.1) is 0 Å². The van der Waals surface area contributed by atoms with E-state index in [0.29, 0.717) is 11.4 Å². The highest BCUT2D eigenvalue weighted by Crippen LogP contribution is 2.31. The maximum absolute atomic E-state index is 9.01. The molecule has 0 unspecified atom stereocenters. The summed E-state index contributed by atoms with van der Waals surface area (Å²) in [5.41, 5.74) is 5.18. The largest absolute Gasteiger partial charge is 0.411 e. The summed E-state index contributed by atoms with van der Waals surface area (Å²) in [6.45, 7) is 6.52. The van der Waals surface area contributed by atoms with Crippen LogP contribution >= 0.6 is 0 Å². The van der Waals surface area contributed by atoms with Crippen LogP contribution < -0.4 is 0 Å². The normalized spacial score (nSPS) is 13.2. The average Bonchev–Trinajstić information content (AvgIpc) is 2.92. The van der Waals surface area contributed by atoms with Crippen molar-refractivity contribution in [3.63, 3.8) is 0 Å². The Morgan fingerprint density at radius 3 is 1.65 bits per heavy atom. The van der Waals surface area contributed by atoms with E-state index in [1.807, 2.05) is 24.3 Å². The number of rotatable bonds is 3. The lowest BCUT2D eigenvalue weighted by Gasteiger charge is -2.04. The van der Waals surface area contributed by atoms with Crippen molar-refractivity contribution in [2.24, 2.45) is 10.3 Å². The van der Waals surface area contributed by atoms with Crippen LogP contribution in [-0.4, -0.2) is 26.4 Å². The average molecular weight is 309 g/mol. The van der Waals surface area contributed by atoms with Gasteiger partial charge in [-0.25, -0.2) is 0 Å². The molecule has 3 rings (SSSR count). The van der Waals surface area contributed by atoms with E-state index < -0.39 is 0 Å². The summed E-state index contributed by atoms with van der Waals surface area (Å²) in [7, 11) is 0. The third kappa shape index (κ3) is 2.34. The van der Waals surface area contributed by atoms with Crippen LogP contribution in [0.5, 0.6) is 0 Å². The molecule has 0 fully saturated rings. The van der Waals surface area contributed by atoms with E-state index in [9.17, 15) is 0 Å². The highest BCUT2D eigenvalue weighted by atomic mass is 16.4. The molecule has 1 heterocycles. The van der Waals surface area contributed by atoms with Gasteiger partial charge in [0.25, 0.3) is 0 Å². The molecule has 23 heavy (non-hydrogen) atoms. The summed E-state index contributed by atoms with van der Waals surface area (Å²) in [6.07, 6.45) is 0. The molecule has 5 heteroatoms. The summed E-state index contributed by atoms with van der Waals surface area (Å²) in [4.78, 5) is 0. The van der Waals surface area contributed by atoms with Crippen LogP contribution in [0.1, 0.15) is 31.9 Å². The third-order valence-corrected chi connectivity index (χ3v) is 4.32. The van der Waals surface area contributed by atoms with Crippen molar-refractivity contribution in [2.45, 2.75) is 27.3 Å². The molecule has 0 radical (unpaired) electrons. The first-order valence-electron chi connectivity index (χ1n) is 7.54. The van der Waals surface area contributed by atoms with Crippen molar-refractivity contribution in [2.75, 3.05) is 0 Å². The second-order valence-electron chi connectivity index (χ2n) is 5.58. The molecule has 0 atom stereocenters. The Hall–Kier alpha value is -2.82. The topological polar surface area (TPSA) is 70.1 Å². The number of aryl methyl sites for hydroxylation is 1. The van der Waals surface area contributed by atoms with Crippen LogP contribution in [-0.2, 0) is 6.54 Å². The molecule has 0 aliphatic carbocycles. The Balaban J connectivity index is 2.39.